The number of aliphatic hydroxyl groups is 1. The average molecular weight is 467 g/mol. The SMILES string of the molecule is OCc1ccc2c(-c3ccccc3)nn(C(c3ccccc3)(c3ccccc3)c3ccccc3)c2c1. The molecular weight excluding hydrogens is 440 g/mol. The second-order valence-corrected chi connectivity index (χ2v) is 8.94. The van der Waals surface area contributed by atoms with Gasteiger partial charge in [0.05, 0.1) is 12.1 Å². The summed E-state index contributed by atoms with van der Waals surface area (Å²) >= 11 is 0. The Kier molecular flexibility index (Phi) is 5.68. The van der Waals surface area contributed by atoms with E-state index in [1.54, 1.807) is 0 Å². The van der Waals surface area contributed by atoms with E-state index in [4.69, 9.17) is 5.10 Å². The van der Waals surface area contributed by atoms with E-state index in [9.17, 15) is 5.11 Å². The van der Waals surface area contributed by atoms with Crippen LogP contribution in [0.15, 0.2) is 140 Å². The molecule has 0 saturated carbocycles. The van der Waals surface area contributed by atoms with Crippen molar-refractivity contribution in [2.45, 2.75) is 12.1 Å². The zero-order valence-corrected chi connectivity index (χ0v) is 19.8. The van der Waals surface area contributed by atoms with E-state index in [2.05, 4.69) is 102 Å². The molecule has 3 nitrogen and oxygen atoms in total. The van der Waals surface area contributed by atoms with Gasteiger partial charge >= 0.3 is 0 Å². The molecule has 0 atom stereocenters. The van der Waals surface area contributed by atoms with Gasteiger partial charge in [0.25, 0.3) is 0 Å². The first-order valence-electron chi connectivity index (χ1n) is 12.2. The van der Waals surface area contributed by atoms with Gasteiger partial charge in [-0.05, 0) is 28.3 Å². The number of aromatic nitrogens is 2. The van der Waals surface area contributed by atoms with Crippen LogP contribution in [0.2, 0.25) is 0 Å². The van der Waals surface area contributed by atoms with Gasteiger partial charge in [-0.1, -0.05) is 133 Å². The summed E-state index contributed by atoms with van der Waals surface area (Å²) in [5.41, 5.74) is 6.40. The lowest BCUT2D eigenvalue weighted by atomic mass is 9.77. The third-order valence-corrected chi connectivity index (χ3v) is 6.87. The van der Waals surface area contributed by atoms with Gasteiger partial charge in [0, 0.05) is 10.9 Å². The van der Waals surface area contributed by atoms with Crippen LogP contribution in [0.4, 0.5) is 0 Å². The molecule has 0 aliphatic rings. The first-order valence-corrected chi connectivity index (χ1v) is 12.2. The monoisotopic (exact) mass is 466 g/mol. The molecule has 0 radical (unpaired) electrons. The van der Waals surface area contributed by atoms with Crippen molar-refractivity contribution in [3.63, 3.8) is 0 Å². The number of hydrogen-bond donors (Lipinski definition) is 1. The lowest BCUT2D eigenvalue weighted by molar-refractivity contribution is 0.282. The van der Waals surface area contributed by atoms with Crippen molar-refractivity contribution >= 4 is 10.9 Å². The molecule has 0 amide bonds. The summed E-state index contributed by atoms with van der Waals surface area (Å²) in [5, 5.41) is 16.5. The van der Waals surface area contributed by atoms with Crippen molar-refractivity contribution in [3.8, 4) is 11.3 Å². The second-order valence-electron chi connectivity index (χ2n) is 8.94. The predicted octanol–water partition coefficient (Wildman–Crippen LogP) is 7.04. The highest BCUT2D eigenvalue weighted by Gasteiger charge is 2.41. The maximum absolute atomic E-state index is 10.0. The molecule has 1 aromatic heterocycles. The highest BCUT2D eigenvalue weighted by molar-refractivity contribution is 5.94. The molecule has 3 heteroatoms. The fraction of sp³-hybridized carbons (Fsp3) is 0.0606. The zero-order chi connectivity index (χ0) is 24.4. The molecule has 0 fully saturated rings. The lowest BCUT2D eigenvalue weighted by Crippen LogP contribution is -2.38. The molecule has 5 aromatic carbocycles. The largest absolute Gasteiger partial charge is 0.392 e. The van der Waals surface area contributed by atoms with Crippen molar-refractivity contribution in [1.82, 2.24) is 9.78 Å². The van der Waals surface area contributed by atoms with E-state index in [0.717, 1.165) is 44.4 Å². The van der Waals surface area contributed by atoms with Crippen molar-refractivity contribution in [3.05, 3.63) is 162 Å². The number of aliphatic hydroxyl groups excluding tert-OH is 1. The molecule has 0 bridgehead atoms. The Bertz CT molecular complexity index is 1490. The van der Waals surface area contributed by atoms with E-state index in [1.807, 2.05) is 42.5 Å². The third kappa shape index (κ3) is 3.53. The highest BCUT2D eigenvalue weighted by Crippen LogP contribution is 2.44. The summed E-state index contributed by atoms with van der Waals surface area (Å²) < 4.78 is 2.16. The van der Waals surface area contributed by atoms with Crippen molar-refractivity contribution in [1.29, 1.82) is 0 Å². The average Bonchev–Trinajstić information content (AvgIpc) is 3.35. The van der Waals surface area contributed by atoms with Gasteiger partial charge in [-0.25, -0.2) is 4.68 Å². The van der Waals surface area contributed by atoms with Crippen molar-refractivity contribution < 1.29 is 5.11 Å². The van der Waals surface area contributed by atoms with Gasteiger partial charge in [0.2, 0.25) is 0 Å². The van der Waals surface area contributed by atoms with Crippen LogP contribution < -0.4 is 0 Å². The van der Waals surface area contributed by atoms with Crippen LogP contribution in [-0.4, -0.2) is 14.9 Å². The molecule has 0 saturated heterocycles. The molecule has 174 valence electrons. The van der Waals surface area contributed by atoms with E-state index >= 15 is 0 Å². The minimum atomic E-state index is -0.733. The van der Waals surface area contributed by atoms with E-state index < -0.39 is 5.54 Å². The number of fused-ring (bicyclic) bond motifs is 1. The Hall–Kier alpha value is -4.47. The van der Waals surface area contributed by atoms with Crippen molar-refractivity contribution in [2.24, 2.45) is 0 Å². The Morgan fingerprint density at radius 1 is 0.583 bits per heavy atom. The molecule has 1 N–H and O–H groups in total. The smallest absolute Gasteiger partial charge is 0.138 e. The first kappa shape index (κ1) is 22.0. The van der Waals surface area contributed by atoms with E-state index in [-0.39, 0.29) is 6.61 Å². The molecule has 36 heavy (non-hydrogen) atoms. The predicted molar refractivity (Wildman–Crippen MR) is 146 cm³/mol. The summed E-state index contributed by atoms with van der Waals surface area (Å²) in [7, 11) is 0. The van der Waals surface area contributed by atoms with Crippen LogP contribution in [0.1, 0.15) is 22.3 Å². The molecular formula is C33H26N2O. The summed E-state index contributed by atoms with van der Waals surface area (Å²) in [4.78, 5) is 0. The highest BCUT2D eigenvalue weighted by atomic mass is 16.3. The van der Waals surface area contributed by atoms with Crippen LogP contribution in [-0.2, 0) is 12.1 Å². The Morgan fingerprint density at radius 3 is 1.53 bits per heavy atom. The Balaban J connectivity index is 1.81. The van der Waals surface area contributed by atoms with Gasteiger partial charge in [0.1, 0.15) is 11.2 Å². The molecule has 0 spiro atoms. The van der Waals surface area contributed by atoms with Gasteiger partial charge in [-0.15, -0.1) is 0 Å². The summed E-state index contributed by atoms with van der Waals surface area (Å²) in [6.07, 6.45) is 0. The van der Waals surface area contributed by atoms with Crippen LogP contribution in [0.5, 0.6) is 0 Å². The zero-order valence-electron chi connectivity index (χ0n) is 19.8. The quantitative estimate of drug-likeness (QED) is 0.268. The molecule has 1 heterocycles. The fourth-order valence-electron chi connectivity index (χ4n) is 5.23. The second kappa shape index (κ2) is 9.29. The molecule has 6 aromatic rings. The number of rotatable bonds is 6. The Morgan fingerprint density at radius 2 is 1.06 bits per heavy atom. The standard InChI is InChI=1S/C33H26N2O/c36-24-25-21-22-30-31(23-25)35(34-32(30)26-13-5-1-6-14-26)33(27-15-7-2-8-16-27,28-17-9-3-10-18-28)29-19-11-4-12-20-29/h1-23,36H,24H2. The minimum Gasteiger partial charge on any atom is -0.392 e. The molecule has 0 aliphatic heterocycles. The van der Waals surface area contributed by atoms with Gasteiger partial charge in [-0.3, -0.25) is 0 Å². The van der Waals surface area contributed by atoms with Gasteiger partial charge in [0.15, 0.2) is 0 Å². The number of benzene rings is 5. The van der Waals surface area contributed by atoms with Crippen LogP contribution in [0.25, 0.3) is 22.2 Å². The maximum atomic E-state index is 10.0. The van der Waals surface area contributed by atoms with Crippen molar-refractivity contribution in [2.75, 3.05) is 0 Å². The first-order chi connectivity index (χ1) is 17.8. The summed E-state index contributed by atoms with van der Waals surface area (Å²) in [5.74, 6) is 0. The lowest BCUT2D eigenvalue weighted by Gasteiger charge is -2.37. The van der Waals surface area contributed by atoms with E-state index in [0.29, 0.717) is 0 Å². The Labute approximate surface area is 210 Å². The van der Waals surface area contributed by atoms with Crippen LogP contribution in [0, 0.1) is 0 Å². The summed E-state index contributed by atoms with van der Waals surface area (Å²) in [6.45, 7) is -0.0310. The van der Waals surface area contributed by atoms with Crippen LogP contribution in [0.3, 0.4) is 0 Å². The third-order valence-electron chi connectivity index (χ3n) is 6.87. The topological polar surface area (TPSA) is 38.1 Å². The summed E-state index contributed by atoms with van der Waals surface area (Å²) in [6, 6.07) is 48.1. The molecule has 6 rings (SSSR count). The fourth-order valence-corrected chi connectivity index (χ4v) is 5.23. The van der Waals surface area contributed by atoms with Crippen LogP contribution >= 0.6 is 0 Å². The normalized spacial score (nSPS) is 11.6. The van der Waals surface area contributed by atoms with E-state index in [1.165, 1.54) is 0 Å². The van der Waals surface area contributed by atoms with Gasteiger partial charge in [-0.2, -0.15) is 5.10 Å². The minimum absolute atomic E-state index is 0.0310. The number of nitrogens with zero attached hydrogens (tertiary/aromatic N) is 2. The maximum Gasteiger partial charge on any atom is 0.138 e. The number of hydrogen-bond acceptors (Lipinski definition) is 2. The van der Waals surface area contributed by atoms with Gasteiger partial charge < -0.3 is 5.11 Å². The molecule has 0 unspecified atom stereocenters. The molecule has 0 aliphatic carbocycles.